The SMILES string of the molecule is CC(C)CCCCCCCCCCCC(=O)OCC(F)(F)S(=O)(=O)O. The third-order valence-corrected chi connectivity index (χ3v) is 4.81. The molecule has 0 spiro atoms. The van der Waals surface area contributed by atoms with Gasteiger partial charge in [-0.25, -0.2) is 0 Å². The lowest BCUT2D eigenvalue weighted by Gasteiger charge is -2.12. The number of hydrogen-bond donors (Lipinski definition) is 1. The summed E-state index contributed by atoms with van der Waals surface area (Å²) in [4.78, 5) is 11.3. The lowest BCUT2D eigenvalue weighted by atomic mass is 10.0. The number of carbonyl (C=O) groups is 1. The van der Waals surface area contributed by atoms with Crippen molar-refractivity contribution in [1.82, 2.24) is 0 Å². The van der Waals surface area contributed by atoms with Crippen molar-refractivity contribution in [2.45, 2.75) is 89.7 Å². The van der Waals surface area contributed by atoms with Crippen LogP contribution < -0.4 is 0 Å². The third-order valence-electron chi connectivity index (χ3n) is 3.94. The molecule has 0 unspecified atom stereocenters. The molecule has 0 aromatic rings. The van der Waals surface area contributed by atoms with Gasteiger partial charge in [0.05, 0.1) is 0 Å². The van der Waals surface area contributed by atoms with E-state index in [0.29, 0.717) is 6.42 Å². The van der Waals surface area contributed by atoms with Crippen molar-refractivity contribution < 1.29 is 31.3 Å². The first kappa shape index (κ1) is 24.2. The molecule has 25 heavy (non-hydrogen) atoms. The summed E-state index contributed by atoms with van der Waals surface area (Å²) in [5, 5.41) is -4.46. The van der Waals surface area contributed by atoms with Gasteiger partial charge in [-0.2, -0.15) is 17.2 Å². The molecule has 0 aliphatic heterocycles. The smallest absolute Gasteiger partial charge is 0.402 e. The van der Waals surface area contributed by atoms with Gasteiger partial charge in [0.2, 0.25) is 0 Å². The predicted octanol–water partition coefficient (Wildman–Crippen LogP) is 4.96. The van der Waals surface area contributed by atoms with Crippen LogP contribution in [0.5, 0.6) is 0 Å². The first-order chi connectivity index (χ1) is 11.6. The predicted molar refractivity (Wildman–Crippen MR) is 93.1 cm³/mol. The Hall–Kier alpha value is -0.760. The van der Waals surface area contributed by atoms with Gasteiger partial charge in [-0.3, -0.25) is 9.35 Å². The molecule has 0 aromatic heterocycles. The first-order valence-electron chi connectivity index (χ1n) is 9.06. The normalized spacial score (nSPS) is 12.6. The summed E-state index contributed by atoms with van der Waals surface area (Å²) in [6.07, 6.45) is 10.8. The van der Waals surface area contributed by atoms with E-state index in [9.17, 15) is 22.0 Å². The number of unbranched alkanes of at least 4 members (excludes halogenated alkanes) is 8. The van der Waals surface area contributed by atoms with E-state index in [1.807, 2.05) is 0 Å². The van der Waals surface area contributed by atoms with Crippen molar-refractivity contribution in [3.8, 4) is 0 Å². The van der Waals surface area contributed by atoms with Crippen LogP contribution in [0, 0.1) is 5.92 Å². The average molecular weight is 387 g/mol. The van der Waals surface area contributed by atoms with Gasteiger partial charge < -0.3 is 4.74 Å². The second-order valence-electron chi connectivity index (χ2n) is 6.89. The van der Waals surface area contributed by atoms with Crippen LogP contribution in [0.15, 0.2) is 0 Å². The van der Waals surface area contributed by atoms with Crippen molar-refractivity contribution in [1.29, 1.82) is 0 Å². The number of halogens is 2. The third kappa shape index (κ3) is 13.1. The Kier molecular flexibility index (Phi) is 12.2. The maximum absolute atomic E-state index is 12.9. The molecule has 8 heteroatoms. The average Bonchev–Trinajstić information content (AvgIpc) is 2.49. The highest BCUT2D eigenvalue weighted by Crippen LogP contribution is 2.21. The molecule has 0 radical (unpaired) electrons. The lowest BCUT2D eigenvalue weighted by molar-refractivity contribution is -0.149. The number of esters is 1. The zero-order chi connectivity index (χ0) is 19.3. The molecule has 1 N–H and O–H groups in total. The summed E-state index contributed by atoms with van der Waals surface area (Å²) in [7, 11) is -5.56. The second-order valence-corrected chi connectivity index (χ2v) is 8.43. The molecule has 0 rings (SSSR count). The van der Waals surface area contributed by atoms with Gasteiger partial charge in [0.25, 0.3) is 0 Å². The summed E-state index contributed by atoms with van der Waals surface area (Å²) in [6.45, 7) is 2.81. The Balaban J connectivity index is 3.50. The van der Waals surface area contributed by atoms with E-state index in [1.54, 1.807) is 0 Å². The van der Waals surface area contributed by atoms with E-state index in [1.165, 1.54) is 32.1 Å². The van der Waals surface area contributed by atoms with Gasteiger partial charge in [0.15, 0.2) is 6.61 Å². The minimum Gasteiger partial charge on any atom is -0.458 e. The molecular formula is C17H32F2O5S. The second kappa shape index (κ2) is 12.6. The molecular weight excluding hydrogens is 354 g/mol. The number of rotatable bonds is 15. The van der Waals surface area contributed by atoms with E-state index in [0.717, 1.165) is 31.6 Å². The van der Waals surface area contributed by atoms with Crippen molar-refractivity contribution in [2.75, 3.05) is 6.61 Å². The van der Waals surface area contributed by atoms with Crippen LogP contribution in [0.25, 0.3) is 0 Å². The molecule has 5 nitrogen and oxygen atoms in total. The molecule has 0 aliphatic rings. The molecule has 0 bridgehead atoms. The lowest BCUT2D eigenvalue weighted by Crippen LogP contribution is -2.34. The Morgan fingerprint density at radius 1 is 0.960 bits per heavy atom. The van der Waals surface area contributed by atoms with E-state index in [2.05, 4.69) is 18.6 Å². The fraction of sp³-hybridized carbons (Fsp3) is 0.941. The minimum atomic E-state index is -5.56. The molecule has 0 aromatic carbocycles. The fourth-order valence-corrected chi connectivity index (χ4v) is 2.58. The molecule has 0 amide bonds. The maximum Gasteiger partial charge on any atom is 0.402 e. The maximum atomic E-state index is 12.9. The summed E-state index contributed by atoms with van der Waals surface area (Å²) in [5.74, 6) is -0.112. The van der Waals surface area contributed by atoms with Crippen LogP contribution in [-0.2, 0) is 19.6 Å². The standard InChI is InChI=1S/C17H32F2O5S/c1-15(2)12-10-8-6-4-3-5-7-9-11-13-16(20)24-14-17(18,19)25(21,22)23/h15H,3-14H2,1-2H3,(H,21,22,23). The van der Waals surface area contributed by atoms with Crippen molar-refractivity contribution in [3.05, 3.63) is 0 Å². The molecule has 0 saturated carbocycles. The van der Waals surface area contributed by atoms with Crippen LogP contribution in [-0.4, -0.2) is 30.8 Å². The molecule has 0 fully saturated rings. The van der Waals surface area contributed by atoms with Gasteiger partial charge in [0.1, 0.15) is 0 Å². The molecule has 150 valence electrons. The molecule has 0 atom stereocenters. The summed E-state index contributed by atoms with van der Waals surface area (Å²) in [6, 6.07) is 0. The van der Waals surface area contributed by atoms with Crippen molar-refractivity contribution in [2.24, 2.45) is 5.92 Å². The van der Waals surface area contributed by atoms with Crippen LogP contribution in [0.3, 0.4) is 0 Å². The van der Waals surface area contributed by atoms with Crippen molar-refractivity contribution in [3.63, 3.8) is 0 Å². The summed E-state index contributed by atoms with van der Waals surface area (Å²) in [5.41, 5.74) is 0. The largest absolute Gasteiger partial charge is 0.458 e. The zero-order valence-corrected chi connectivity index (χ0v) is 16.1. The highest BCUT2D eigenvalue weighted by molar-refractivity contribution is 7.86. The quantitative estimate of drug-likeness (QED) is 0.244. The van der Waals surface area contributed by atoms with Gasteiger partial charge in [-0.05, 0) is 12.3 Å². The highest BCUT2D eigenvalue weighted by atomic mass is 32.2. The first-order valence-corrected chi connectivity index (χ1v) is 10.5. The van der Waals surface area contributed by atoms with Crippen LogP contribution in [0.2, 0.25) is 0 Å². The van der Waals surface area contributed by atoms with E-state index < -0.39 is 27.9 Å². The van der Waals surface area contributed by atoms with Gasteiger partial charge in [-0.1, -0.05) is 71.6 Å². The number of ether oxygens (including phenoxy) is 1. The van der Waals surface area contributed by atoms with E-state index in [-0.39, 0.29) is 6.42 Å². The van der Waals surface area contributed by atoms with E-state index >= 15 is 0 Å². The number of alkyl halides is 2. The highest BCUT2D eigenvalue weighted by Gasteiger charge is 2.45. The minimum absolute atomic E-state index is 0.0310. The van der Waals surface area contributed by atoms with Gasteiger partial charge in [0, 0.05) is 6.42 Å². The van der Waals surface area contributed by atoms with Crippen LogP contribution in [0.1, 0.15) is 84.5 Å². The zero-order valence-electron chi connectivity index (χ0n) is 15.3. The Morgan fingerprint density at radius 3 is 1.84 bits per heavy atom. The Bertz CT molecular complexity index is 464. The summed E-state index contributed by atoms with van der Waals surface area (Å²) < 4.78 is 58.9. The monoisotopic (exact) mass is 386 g/mol. The Labute approximate surface area is 150 Å². The molecule has 0 aliphatic carbocycles. The van der Waals surface area contributed by atoms with Crippen LogP contribution in [0.4, 0.5) is 8.78 Å². The summed E-state index contributed by atoms with van der Waals surface area (Å²) >= 11 is 0. The topological polar surface area (TPSA) is 80.7 Å². The number of hydrogen-bond acceptors (Lipinski definition) is 4. The Morgan fingerprint density at radius 2 is 1.40 bits per heavy atom. The van der Waals surface area contributed by atoms with Gasteiger partial charge >= 0.3 is 21.3 Å². The molecule has 0 saturated heterocycles. The molecule has 0 heterocycles. The van der Waals surface area contributed by atoms with E-state index in [4.69, 9.17) is 4.55 Å². The fourth-order valence-electron chi connectivity index (χ4n) is 2.37. The van der Waals surface area contributed by atoms with Crippen molar-refractivity contribution >= 4 is 16.1 Å². The van der Waals surface area contributed by atoms with Crippen LogP contribution >= 0.6 is 0 Å². The van der Waals surface area contributed by atoms with Gasteiger partial charge in [-0.15, -0.1) is 0 Å². The number of carbonyl (C=O) groups excluding carboxylic acids is 1.